The normalized spacial score (nSPS) is 32.8. The maximum Gasteiger partial charge on any atom is 0.123 e. The zero-order valence-corrected chi connectivity index (χ0v) is 12.2. The van der Waals surface area contributed by atoms with Crippen molar-refractivity contribution < 1.29 is 9.13 Å². The molecule has 0 amide bonds. The summed E-state index contributed by atoms with van der Waals surface area (Å²) in [4.78, 5) is 0. The van der Waals surface area contributed by atoms with Crippen molar-refractivity contribution in [2.45, 2.75) is 51.6 Å². The van der Waals surface area contributed by atoms with E-state index in [0.717, 1.165) is 36.6 Å². The van der Waals surface area contributed by atoms with E-state index in [4.69, 9.17) is 10.5 Å². The Morgan fingerprint density at radius 3 is 2.80 bits per heavy atom. The largest absolute Gasteiger partial charge is 0.490 e. The number of rotatable bonds is 3. The molecule has 1 heterocycles. The highest BCUT2D eigenvalue weighted by Gasteiger charge is 2.37. The van der Waals surface area contributed by atoms with Gasteiger partial charge in [0, 0.05) is 12.0 Å². The molecule has 2 aliphatic rings. The van der Waals surface area contributed by atoms with Crippen LogP contribution in [0.4, 0.5) is 4.39 Å². The van der Waals surface area contributed by atoms with E-state index in [-0.39, 0.29) is 17.3 Å². The Bertz CT molecular complexity index is 480. The van der Waals surface area contributed by atoms with Gasteiger partial charge < -0.3 is 10.5 Å². The van der Waals surface area contributed by atoms with Gasteiger partial charge in [0.1, 0.15) is 17.7 Å². The minimum Gasteiger partial charge on any atom is -0.490 e. The zero-order valence-electron chi connectivity index (χ0n) is 12.2. The second-order valence-electron chi connectivity index (χ2n) is 6.79. The van der Waals surface area contributed by atoms with Crippen molar-refractivity contribution in [3.8, 4) is 5.75 Å². The molecule has 0 radical (unpaired) electrons. The predicted molar refractivity (Wildman–Crippen MR) is 78.3 cm³/mol. The van der Waals surface area contributed by atoms with Crippen molar-refractivity contribution in [1.29, 1.82) is 0 Å². The van der Waals surface area contributed by atoms with Crippen LogP contribution in [0.15, 0.2) is 18.2 Å². The van der Waals surface area contributed by atoms with Gasteiger partial charge in [-0.1, -0.05) is 19.8 Å². The van der Waals surface area contributed by atoms with E-state index < -0.39 is 0 Å². The Morgan fingerprint density at radius 1 is 1.35 bits per heavy atom. The Balaban J connectivity index is 1.67. The minimum absolute atomic E-state index is 0.170. The number of nitrogens with two attached hydrogens (primary N) is 1. The van der Waals surface area contributed by atoms with E-state index in [0.29, 0.717) is 0 Å². The van der Waals surface area contributed by atoms with Crippen LogP contribution in [0.25, 0.3) is 0 Å². The van der Waals surface area contributed by atoms with Gasteiger partial charge in [0.15, 0.2) is 0 Å². The average Bonchev–Trinajstić information content (AvgIpc) is 2.83. The van der Waals surface area contributed by atoms with Crippen molar-refractivity contribution in [3.05, 3.63) is 29.6 Å². The molecule has 1 aromatic rings. The summed E-state index contributed by atoms with van der Waals surface area (Å²) < 4.78 is 19.3. The monoisotopic (exact) mass is 277 g/mol. The molecule has 0 spiro atoms. The summed E-state index contributed by atoms with van der Waals surface area (Å²) in [6.07, 6.45) is 6.95. The third-order valence-corrected chi connectivity index (χ3v) is 5.19. The van der Waals surface area contributed by atoms with Crippen molar-refractivity contribution in [2.75, 3.05) is 6.54 Å². The highest BCUT2D eigenvalue weighted by Crippen LogP contribution is 2.44. The molecule has 110 valence electrons. The van der Waals surface area contributed by atoms with Gasteiger partial charge in [-0.25, -0.2) is 4.39 Å². The molecular weight excluding hydrogens is 253 g/mol. The maximum absolute atomic E-state index is 13.3. The molecule has 0 bridgehead atoms. The summed E-state index contributed by atoms with van der Waals surface area (Å²) in [6.45, 7) is 3.06. The lowest BCUT2D eigenvalue weighted by Crippen LogP contribution is -2.38. The van der Waals surface area contributed by atoms with Crippen LogP contribution in [0.2, 0.25) is 0 Å². The van der Waals surface area contributed by atoms with Crippen molar-refractivity contribution in [3.63, 3.8) is 0 Å². The molecular formula is C17H24FNO. The quantitative estimate of drug-likeness (QED) is 0.914. The molecule has 1 aromatic carbocycles. The number of benzene rings is 1. The van der Waals surface area contributed by atoms with Crippen LogP contribution in [0, 0.1) is 17.2 Å². The Kier molecular flexibility index (Phi) is 3.72. The maximum atomic E-state index is 13.3. The fourth-order valence-electron chi connectivity index (χ4n) is 3.75. The van der Waals surface area contributed by atoms with Gasteiger partial charge in [-0.15, -0.1) is 0 Å². The first-order valence-corrected chi connectivity index (χ1v) is 7.75. The van der Waals surface area contributed by atoms with Crippen LogP contribution in [0.5, 0.6) is 5.75 Å². The molecule has 1 unspecified atom stereocenters. The molecule has 1 aliphatic heterocycles. The standard InChI is InChI=1S/C17H24FNO/c1-12-4-6-17(11-19,7-5-12)10-15-9-13-8-14(18)2-3-16(13)20-15/h2-3,8,12,15H,4-7,9-11,19H2,1H3. The molecule has 2 nitrogen and oxygen atoms in total. The van der Waals surface area contributed by atoms with Crippen LogP contribution in [0.3, 0.4) is 0 Å². The van der Waals surface area contributed by atoms with Gasteiger partial charge >= 0.3 is 0 Å². The van der Waals surface area contributed by atoms with Gasteiger partial charge in [0.05, 0.1) is 0 Å². The molecule has 20 heavy (non-hydrogen) atoms. The van der Waals surface area contributed by atoms with Gasteiger partial charge in [0.25, 0.3) is 0 Å². The minimum atomic E-state index is -0.173. The van der Waals surface area contributed by atoms with E-state index in [9.17, 15) is 4.39 Å². The number of ether oxygens (including phenoxy) is 1. The van der Waals surface area contributed by atoms with E-state index in [2.05, 4.69) is 6.92 Å². The summed E-state index contributed by atoms with van der Waals surface area (Å²) in [6, 6.07) is 4.83. The molecule has 1 saturated carbocycles. The third kappa shape index (κ3) is 2.69. The van der Waals surface area contributed by atoms with Crippen LogP contribution in [0.1, 0.15) is 44.6 Å². The molecule has 2 N–H and O–H groups in total. The van der Waals surface area contributed by atoms with Crippen molar-refractivity contribution in [1.82, 2.24) is 0 Å². The van der Waals surface area contributed by atoms with E-state index >= 15 is 0 Å². The SMILES string of the molecule is CC1CCC(CN)(CC2Cc3cc(F)ccc3O2)CC1. The molecule has 1 fully saturated rings. The second-order valence-corrected chi connectivity index (χ2v) is 6.79. The molecule has 0 saturated heterocycles. The Hall–Kier alpha value is -1.09. The van der Waals surface area contributed by atoms with Gasteiger partial charge in [0.2, 0.25) is 0 Å². The Morgan fingerprint density at radius 2 is 2.10 bits per heavy atom. The van der Waals surface area contributed by atoms with Crippen molar-refractivity contribution in [2.24, 2.45) is 17.1 Å². The number of hydrogen-bond acceptors (Lipinski definition) is 2. The van der Waals surface area contributed by atoms with E-state index in [1.807, 2.05) is 0 Å². The smallest absolute Gasteiger partial charge is 0.123 e. The summed E-state index contributed by atoms with van der Waals surface area (Å²) in [7, 11) is 0. The Labute approximate surface area is 120 Å². The van der Waals surface area contributed by atoms with Gasteiger partial charge in [-0.05, 0) is 55.3 Å². The first-order chi connectivity index (χ1) is 9.60. The van der Waals surface area contributed by atoms with Gasteiger partial charge in [-0.3, -0.25) is 0 Å². The summed E-state index contributed by atoms with van der Waals surface area (Å²) in [5.41, 5.74) is 7.32. The molecule has 1 aliphatic carbocycles. The lowest BCUT2D eigenvalue weighted by molar-refractivity contribution is 0.0883. The fraction of sp³-hybridized carbons (Fsp3) is 0.647. The first-order valence-electron chi connectivity index (χ1n) is 7.75. The number of hydrogen-bond donors (Lipinski definition) is 1. The summed E-state index contributed by atoms with van der Waals surface area (Å²) >= 11 is 0. The lowest BCUT2D eigenvalue weighted by atomic mass is 9.68. The van der Waals surface area contributed by atoms with Crippen LogP contribution in [-0.4, -0.2) is 12.6 Å². The lowest BCUT2D eigenvalue weighted by Gasteiger charge is -2.40. The molecule has 0 aromatic heterocycles. The highest BCUT2D eigenvalue weighted by molar-refractivity contribution is 5.37. The molecule has 3 heteroatoms. The topological polar surface area (TPSA) is 35.2 Å². The molecule has 1 atom stereocenters. The van der Waals surface area contributed by atoms with E-state index in [1.54, 1.807) is 12.1 Å². The van der Waals surface area contributed by atoms with E-state index in [1.165, 1.54) is 31.7 Å². The number of halogens is 1. The van der Waals surface area contributed by atoms with Gasteiger partial charge in [-0.2, -0.15) is 0 Å². The third-order valence-electron chi connectivity index (χ3n) is 5.19. The summed E-state index contributed by atoms with van der Waals surface area (Å²) in [5, 5.41) is 0. The van der Waals surface area contributed by atoms with Crippen LogP contribution >= 0.6 is 0 Å². The summed E-state index contributed by atoms with van der Waals surface area (Å²) in [5.74, 6) is 1.51. The average molecular weight is 277 g/mol. The van der Waals surface area contributed by atoms with Crippen LogP contribution < -0.4 is 10.5 Å². The number of fused-ring (bicyclic) bond motifs is 1. The molecule has 3 rings (SSSR count). The predicted octanol–water partition coefficient (Wildman–Crippen LogP) is 3.67. The zero-order chi connectivity index (χ0) is 14.2. The van der Waals surface area contributed by atoms with Crippen LogP contribution in [-0.2, 0) is 6.42 Å². The fourth-order valence-corrected chi connectivity index (χ4v) is 3.75. The first kappa shape index (κ1) is 13.9. The van der Waals surface area contributed by atoms with Crippen molar-refractivity contribution >= 4 is 0 Å². The second kappa shape index (κ2) is 5.36. The highest BCUT2D eigenvalue weighted by atomic mass is 19.1.